The van der Waals surface area contributed by atoms with Crippen molar-refractivity contribution < 1.29 is 17.9 Å². The summed E-state index contributed by atoms with van der Waals surface area (Å²) in [6.07, 6.45) is 0. The van der Waals surface area contributed by atoms with Crippen LogP contribution in [-0.2, 0) is 6.54 Å². The van der Waals surface area contributed by atoms with E-state index in [-0.39, 0.29) is 17.9 Å². The smallest absolute Gasteiger partial charge is 0.387 e. The normalized spacial score (nSPS) is 10.3. The molecule has 1 aromatic rings. The molecule has 2 N–H and O–H groups in total. The van der Waals surface area contributed by atoms with Crippen molar-refractivity contribution in [1.82, 2.24) is 10.6 Å². The van der Waals surface area contributed by atoms with Gasteiger partial charge in [-0.1, -0.05) is 6.07 Å². The predicted molar refractivity (Wildman–Crippen MR) is 71.5 cm³/mol. The maximum atomic E-state index is 13.7. The highest BCUT2D eigenvalue weighted by Gasteiger charge is 2.13. The van der Waals surface area contributed by atoms with E-state index in [0.29, 0.717) is 19.0 Å². The van der Waals surface area contributed by atoms with Crippen LogP contribution in [0, 0.1) is 5.82 Å². The molecule has 0 radical (unpaired) electrons. The van der Waals surface area contributed by atoms with E-state index in [0.717, 1.165) is 0 Å². The third kappa shape index (κ3) is 4.99. The third-order valence-corrected chi connectivity index (χ3v) is 2.38. The van der Waals surface area contributed by atoms with E-state index in [1.807, 2.05) is 13.8 Å². The fourth-order valence-electron chi connectivity index (χ4n) is 1.57. The number of aliphatic imine (C=N–C) groups is 1. The quantitative estimate of drug-likeness (QED) is 0.625. The minimum absolute atomic E-state index is 0.00102. The number of hydrogen-bond donors (Lipinski definition) is 2. The van der Waals surface area contributed by atoms with Gasteiger partial charge in [0.25, 0.3) is 0 Å². The van der Waals surface area contributed by atoms with E-state index in [1.165, 1.54) is 18.2 Å². The van der Waals surface area contributed by atoms with Gasteiger partial charge >= 0.3 is 6.61 Å². The van der Waals surface area contributed by atoms with Crippen LogP contribution in [0.4, 0.5) is 13.2 Å². The Morgan fingerprint density at radius 3 is 2.45 bits per heavy atom. The zero-order valence-electron chi connectivity index (χ0n) is 11.4. The van der Waals surface area contributed by atoms with Gasteiger partial charge in [0.15, 0.2) is 5.96 Å². The van der Waals surface area contributed by atoms with Crippen LogP contribution in [0.5, 0.6) is 5.75 Å². The number of halogens is 3. The first-order valence-corrected chi connectivity index (χ1v) is 6.32. The molecule has 0 amide bonds. The maximum Gasteiger partial charge on any atom is 0.387 e. The largest absolute Gasteiger partial charge is 0.434 e. The molecule has 0 aliphatic rings. The summed E-state index contributed by atoms with van der Waals surface area (Å²) in [6.45, 7) is 1.97. The van der Waals surface area contributed by atoms with Gasteiger partial charge in [-0.05, 0) is 26.0 Å². The Hall–Kier alpha value is -1.92. The summed E-state index contributed by atoms with van der Waals surface area (Å²) < 4.78 is 42.5. The summed E-state index contributed by atoms with van der Waals surface area (Å²) in [5.74, 6) is -0.336. The number of nitrogens with zero attached hydrogens (tertiary/aromatic N) is 1. The first-order chi connectivity index (χ1) is 9.58. The molecule has 4 nitrogen and oxygen atoms in total. The Kier molecular flexibility index (Phi) is 6.69. The number of benzene rings is 1. The van der Waals surface area contributed by atoms with Crippen LogP contribution in [0.15, 0.2) is 23.2 Å². The van der Waals surface area contributed by atoms with Crippen LogP contribution in [0.1, 0.15) is 19.4 Å². The van der Waals surface area contributed by atoms with E-state index in [2.05, 4.69) is 20.4 Å². The van der Waals surface area contributed by atoms with Gasteiger partial charge in [0.1, 0.15) is 11.6 Å². The van der Waals surface area contributed by atoms with Gasteiger partial charge in [-0.15, -0.1) is 0 Å². The van der Waals surface area contributed by atoms with E-state index in [9.17, 15) is 13.2 Å². The van der Waals surface area contributed by atoms with Crippen molar-refractivity contribution in [2.75, 3.05) is 13.1 Å². The average Bonchev–Trinajstić information content (AvgIpc) is 2.37. The van der Waals surface area contributed by atoms with E-state index >= 15 is 0 Å². The Labute approximate surface area is 116 Å². The van der Waals surface area contributed by atoms with Crippen molar-refractivity contribution in [1.29, 1.82) is 0 Å². The minimum atomic E-state index is -3.00. The molecule has 20 heavy (non-hydrogen) atoms. The zero-order chi connectivity index (χ0) is 15.0. The summed E-state index contributed by atoms with van der Waals surface area (Å²) in [6, 6.07) is 3.79. The number of guanidine groups is 1. The van der Waals surface area contributed by atoms with Crippen molar-refractivity contribution in [3.8, 4) is 5.75 Å². The van der Waals surface area contributed by atoms with Gasteiger partial charge < -0.3 is 15.4 Å². The molecule has 1 aromatic carbocycles. The van der Waals surface area contributed by atoms with Crippen molar-refractivity contribution in [2.45, 2.75) is 27.0 Å². The number of hydrogen-bond acceptors (Lipinski definition) is 2. The van der Waals surface area contributed by atoms with Crippen LogP contribution in [0.3, 0.4) is 0 Å². The topological polar surface area (TPSA) is 45.7 Å². The molecule has 7 heteroatoms. The summed E-state index contributed by atoms with van der Waals surface area (Å²) in [5, 5.41) is 5.92. The highest BCUT2D eigenvalue weighted by atomic mass is 19.3. The third-order valence-electron chi connectivity index (χ3n) is 2.38. The van der Waals surface area contributed by atoms with Crippen LogP contribution >= 0.6 is 0 Å². The maximum absolute atomic E-state index is 13.7. The van der Waals surface area contributed by atoms with Crippen LogP contribution in [0.25, 0.3) is 0 Å². The molecule has 0 atom stereocenters. The number of rotatable bonds is 6. The summed E-state index contributed by atoms with van der Waals surface area (Å²) in [4.78, 5) is 4.13. The lowest BCUT2D eigenvalue weighted by Gasteiger charge is -2.12. The lowest BCUT2D eigenvalue weighted by Crippen LogP contribution is -2.37. The molecular formula is C13H18F3N3O. The molecule has 0 saturated carbocycles. The molecule has 0 spiro atoms. The molecule has 0 aliphatic carbocycles. The van der Waals surface area contributed by atoms with Gasteiger partial charge in [-0.3, -0.25) is 0 Å². The lowest BCUT2D eigenvalue weighted by atomic mass is 10.2. The average molecular weight is 289 g/mol. The van der Waals surface area contributed by atoms with Crippen LogP contribution in [-0.4, -0.2) is 25.7 Å². The van der Waals surface area contributed by atoms with Crippen molar-refractivity contribution in [3.63, 3.8) is 0 Å². The Balaban J connectivity index is 2.91. The SMILES string of the molecule is CCNC(=NCc1c(F)cccc1OC(F)F)NCC. The predicted octanol–water partition coefficient (Wildman–Crippen LogP) is 2.50. The molecule has 112 valence electrons. The van der Waals surface area contributed by atoms with E-state index in [4.69, 9.17) is 0 Å². The minimum Gasteiger partial charge on any atom is -0.434 e. The molecule has 0 fully saturated rings. The Morgan fingerprint density at radius 1 is 1.25 bits per heavy atom. The number of nitrogens with one attached hydrogen (secondary N) is 2. The fraction of sp³-hybridized carbons (Fsp3) is 0.462. The fourth-order valence-corrected chi connectivity index (χ4v) is 1.57. The first-order valence-electron chi connectivity index (χ1n) is 6.32. The molecule has 1 rings (SSSR count). The first kappa shape index (κ1) is 16.1. The second-order valence-electron chi connectivity index (χ2n) is 3.82. The Bertz CT molecular complexity index is 444. The Morgan fingerprint density at radius 2 is 1.90 bits per heavy atom. The summed E-state index contributed by atoms with van der Waals surface area (Å²) in [7, 11) is 0. The molecule has 0 unspecified atom stereocenters. The van der Waals surface area contributed by atoms with Crippen LogP contribution in [0.2, 0.25) is 0 Å². The number of alkyl halides is 2. The van der Waals surface area contributed by atoms with E-state index in [1.54, 1.807) is 0 Å². The molecular weight excluding hydrogens is 271 g/mol. The standard InChI is InChI=1S/C13H18F3N3O/c1-3-17-13(18-4-2)19-8-9-10(14)6-5-7-11(9)20-12(15)16/h5-7,12H,3-4,8H2,1-2H3,(H2,17,18,19). The highest BCUT2D eigenvalue weighted by Crippen LogP contribution is 2.24. The summed E-state index contributed by atoms with van der Waals surface area (Å²) in [5.41, 5.74) is 0.00102. The molecule has 0 aliphatic heterocycles. The number of ether oxygens (including phenoxy) is 1. The van der Waals surface area contributed by atoms with Gasteiger partial charge in [0, 0.05) is 13.1 Å². The summed E-state index contributed by atoms with van der Waals surface area (Å²) >= 11 is 0. The van der Waals surface area contributed by atoms with Crippen molar-refractivity contribution in [3.05, 3.63) is 29.6 Å². The lowest BCUT2D eigenvalue weighted by molar-refractivity contribution is -0.0506. The second-order valence-corrected chi connectivity index (χ2v) is 3.82. The van der Waals surface area contributed by atoms with E-state index < -0.39 is 12.4 Å². The molecule has 0 heterocycles. The molecule has 0 aromatic heterocycles. The monoisotopic (exact) mass is 289 g/mol. The van der Waals surface area contributed by atoms with Gasteiger partial charge in [-0.2, -0.15) is 8.78 Å². The van der Waals surface area contributed by atoms with Gasteiger partial charge in [-0.25, -0.2) is 9.38 Å². The highest BCUT2D eigenvalue weighted by molar-refractivity contribution is 5.79. The van der Waals surface area contributed by atoms with Crippen molar-refractivity contribution >= 4 is 5.96 Å². The van der Waals surface area contributed by atoms with Crippen LogP contribution < -0.4 is 15.4 Å². The zero-order valence-corrected chi connectivity index (χ0v) is 11.4. The van der Waals surface area contributed by atoms with Gasteiger partial charge in [0.05, 0.1) is 12.1 Å². The van der Waals surface area contributed by atoms with Gasteiger partial charge in [0.2, 0.25) is 0 Å². The molecule has 0 bridgehead atoms. The van der Waals surface area contributed by atoms with Crippen molar-refractivity contribution in [2.24, 2.45) is 4.99 Å². The second kappa shape index (κ2) is 8.29. The molecule has 0 saturated heterocycles.